The van der Waals surface area contributed by atoms with Crippen LogP contribution in [0.4, 0.5) is 0 Å². The minimum Gasteiger partial charge on any atom is -0.298 e. The van der Waals surface area contributed by atoms with Crippen LogP contribution >= 0.6 is 39.1 Å². The van der Waals surface area contributed by atoms with Crippen molar-refractivity contribution in [2.45, 2.75) is 12.3 Å². The van der Waals surface area contributed by atoms with E-state index in [-0.39, 0.29) is 5.78 Å². The van der Waals surface area contributed by atoms with E-state index in [4.69, 9.17) is 23.2 Å². The molecule has 14 heavy (non-hydrogen) atoms. The van der Waals surface area contributed by atoms with Gasteiger partial charge in [-0.05, 0) is 11.1 Å². The second kappa shape index (κ2) is 5.74. The van der Waals surface area contributed by atoms with Gasteiger partial charge >= 0.3 is 0 Å². The maximum Gasteiger partial charge on any atom is 0.147 e. The molecule has 1 nitrogen and oxygen atoms in total. The van der Waals surface area contributed by atoms with Gasteiger partial charge in [0.1, 0.15) is 5.78 Å². The molecule has 1 aromatic carbocycles. The van der Waals surface area contributed by atoms with Gasteiger partial charge in [0, 0.05) is 17.3 Å². The zero-order valence-corrected chi connectivity index (χ0v) is 10.5. The number of Topliss-reactive ketones (excluding diaryl/α,β-unsaturated/α-hetero) is 1. The quantitative estimate of drug-likeness (QED) is 0.776. The lowest BCUT2D eigenvalue weighted by Crippen LogP contribution is -2.04. The van der Waals surface area contributed by atoms with Crippen LogP contribution in [0.5, 0.6) is 0 Å². The minimum absolute atomic E-state index is 0.110. The van der Waals surface area contributed by atoms with Gasteiger partial charge in [0.15, 0.2) is 0 Å². The highest BCUT2D eigenvalue weighted by molar-refractivity contribution is 9.09. The summed E-state index contributed by atoms with van der Waals surface area (Å²) in [6.07, 6.45) is 0.356. The number of carbonyl (C=O) groups is 1. The van der Waals surface area contributed by atoms with Gasteiger partial charge in [0.25, 0.3) is 0 Å². The predicted octanol–water partition coefficient (Wildman–Crippen LogP) is 3.59. The maximum absolute atomic E-state index is 11.2. The van der Waals surface area contributed by atoms with Crippen molar-refractivity contribution in [3.05, 3.63) is 34.3 Å². The molecular weight excluding hydrogens is 287 g/mol. The molecule has 0 saturated heterocycles. The van der Waals surface area contributed by atoms with Crippen molar-refractivity contribution in [3.8, 4) is 0 Å². The highest BCUT2D eigenvalue weighted by Gasteiger charge is 2.08. The minimum atomic E-state index is 0.110. The zero-order chi connectivity index (χ0) is 10.6. The van der Waals surface area contributed by atoms with Crippen molar-refractivity contribution in [2.24, 2.45) is 0 Å². The number of rotatable bonds is 4. The second-order valence-corrected chi connectivity index (χ2v) is 4.08. The van der Waals surface area contributed by atoms with Crippen molar-refractivity contribution in [3.63, 3.8) is 0 Å². The van der Waals surface area contributed by atoms with E-state index in [1.165, 1.54) is 0 Å². The fourth-order valence-corrected chi connectivity index (χ4v) is 1.88. The fourth-order valence-electron chi connectivity index (χ4n) is 1.13. The molecule has 0 unspecified atom stereocenters. The molecule has 0 atom stereocenters. The van der Waals surface area contributed by atoms with E-state index >= 15 is 0 Å². The van der Waals surface area contributed by atoms with Crippen molar-refractivity contribution >= 4 is 44.9 Å². The summed E-state index contributed by atoms with van der Waals surface area (Å²) in [4.78, 5) is 11.2. The second-order valence-electron chi connectivity index (χ2n) is 2.87. The van der Waals surface area contributed by atoms with Crippen LogP contribution in [0.15, 0.2) is 18.2 Å². The monoisotopic (exact) mass is 294 g/mol. The SMILES string of the molecule is O=C(CBr)Cc1cccc(CCl)c1Cl. The predicted molar refractivity (Wildman–Crippen MR) is 63.5 cm³/mol. The number of carbonyl (C=O) groups excluding carboxylic acids is 1. The molecule has 0 aliphatic rings. The van der Waals surface area contributed by atoms with Crippen LogP contribution in [-0.2, 0) is 17.1 Å². The lowest BCUT2D eigenvalue weighted by atomic mass is 10.1. The normalized spacial score (nSPS) is 10.2. The molecule has 0 spiro atoms. The van der Waals surface area contributed by atoms with E-state index in [1.54, 1.807) is 0 Å². The average molecular weight is 296 g/mol. The average Bonchev–Trinajstić information content (AvgIpc) is 2.21. The Balaban J connectivity index is 2.92. The van der Waals surface area contributed by atoms with Crippen LogP contribution in [-0.4, -0.2) is 11.1 Å². The molecule has 1 aromatic rings. The van der Waals surface area contributed by atoms with Crippen molar-refractivity contribution in [1.82, 2.24) is 0 Å². The summed E-state index contributed by atoms with van der Waals surface area (Å²) in [5.41, 5.74) is 1.71. The molecule has 0 aliphatic carbocycles. The van der Waals surface area contributed by atoms with E-state index in [9.17, 15) is 4.79 Å². The summed E-state index contributed by atoms with van der Waals surface area (Å²) in [5, 5.41) is 0.964. The summed E-state index contributed by atoms with van der Waals surface area (Å²) in [5.74, 6) is 0.480. The number of alkyl halides is 2. The summed E-state index contributed by atoms with van der Waals surface area (Å²) in [7, 11) is 0. The van der Waals surface area contributed by atoms with Crippen LogP contribution in [0, 0.1) is 0 Å². The highest BCUT2D eigenvalue weighted by atomic mass is 79.9. The van der Waals surface area contributed by atoms with Gasteiger partial charge in [-0.25, -0.2) is 0 Å². The van der Waals surface area contributed by atoms with Gasteiger partial charge in [-0.2, -0.15) is 0 Å². The van der Waals surface area contributed by atoms with E-state index in [0.717, 1.165) is 11.1 Å². The third-order valence-corrected chi connectivity index (χ3v) is 3.24. The van der Waals surface area contributed by atoms with Crippen LogP contribution in [0.2, 0.25) is 5.02 Å². The van der Waals surface area contributed by atoms with Gasteiger partial charge in [-0.1, -0.05) is 45.7 Å². The molecule has 0 radical (unpaired) electrons. The molecule has 0 fully saturated rings. The molecule has 4 heteroatoms. The molecule has 1 rings (SSSR count). The molecule has 0 aliphatic heterocycles. The van der Waals surface area contributed by atoms with Crippen LogP contribution < -0.4 is 0 Å². The first kappa shape index (κ1) is 12.0. The summed E-state index contributed by atoms with van der Waals surface area (Å²) >= 11 is 14.9. The fraction of sp³-hybridized carbons (Fsp3) is 0.300. The molecular formula is C10H9BrCl2O. The van der Waals surface area contributed by atoms with Gasteiger partial charge in [0.05, 0.1) is 5.33 Å². The summed E-state index contributed by atoms with van der Waals surface area (Å²) in [6.45, 7) is 0. The first-order chi connectivity index (χ1) is 6.69. The Kier molecular flexibility index (Phi) is 4.93. The number of hydrogen-bond acceptors (Lipinski definition) is 1. The summed E-state index contributed by atoms with van der Waals surface area (Å²) < 4.78 is 0. The van der Waals surface area contributed by atoms with E-state index in [1.807, 2.05) is 18.2 Å². The largest absolute Gasteiger partial charge is 0.298 e. The molecule has 76 valence electrons. The Hall–Kier alpha value is -0.0500. The van der Waals surface area contributed by atoms with Crippen molar-refractivity contribution in [2.75, 3.05) is 5.33 Å². The van der Waals surface area contributed by atoms with Gasteiger partial charge in [-0.3, -0.25) is 4.79 Å². The first-order valence-corrected chi connectivity index (χ1v) is 6.12. The van der Waals surface area contributed by atoms with Crippen LogP contribution in [0.25, 0.3) is 0 Å². The molecule has 0 bridgehead atoms. The third-order valence-electron chi connectivity index (χ3n) is 1.84. The van der Waals surface area contributed by atoms with Crippen molar-refractivity contribution < 1.29 is 4.79 Å². The molecule has 0 saturated carbocycles. The Morgan fingerprint density at radius 3 is 2.57 bits per heavy atom. The number of halogens is 3. The third kappa shape index (κ3) is 2.97. The number of benzene rings is 1. The molecule has 0 aromatic heterocycles. The van der Waals surface area contributed by atoms with E-state index in [0.29, 0.717) is 22.7 Å². The Bertz CT molecular complexity index is 339. The smallest absolute Gasteiger partial charge is 0.147 e. The van der Waals surface area contributed by atoms with Gasteiger partial charge in [0.2, 0.25) is 0 Å². The first-order valence-electron chi connectivity index (χ1n) is 4.09. The summed E-state index contributed by atoms with van der Waals surface area (Å²) in [6, 6.07) is 5.57. The maximum atomic E-state index is 11.2. The van der Waals surface area contributed by atoms with Crippen molar-refractivity contribution in [1.29, 1.82) is 0 Å². The van der Waals surface area contributed by atoms with Gasteiger partial charge < -0.3 is 0 Å². The highest BCUT2D eigenvalue weighted by Crippen LogP contribution is 2.23. The van der Waals surface area contributed by atoms with Gasteiger partial charge in [-0.15, -0.1) is 11.6 Å². The van der Waals surface area contributed by atoms with E-state index in [2.05, 4.69) is 15.9 Å². The number of hydrogen-bond donors (Lipinski definition) is 0. The Morgan fingerprint density at radius 2 is 2.00 bits per heavy atom. The standard InChI is InChI=1S/C10H9BrCl2O/c11-5-9(14)4-7-2-1-3-8(6-12)10(7)13/h1-3H,4-6H2. The lowest BCUT2D eigenvalue weighted by molar-refractivity contribution is -0.115. The molecule has 0 heterocycles. The molecule has 0 amide bonds. The number of ketones is 1. The van der Waals surface area contributed by atoms with E-state index < -0.39 is 0 Å². The lowest BCUT2D eigenvalue weighted by Gasteiger charge is -2.05. The Labute approximate surface area is 102 Å². The Morgan fingerprint density at radius 1 is 1.36 bits per heavy atom. The topological polar surface area (TPSA) is 17.1 Å². The molecule has 0 N–H and O–H groups in total. The zero-order valence-electron chi connectivity index (χ0n) is 7.40. The van der Waals surface area contributed by atoms with Crippen LogP contribution in [0.1, 0.15) is 11.1 Å². The van der Waals surface area contributed by atoms with Crippen LogP contribution in [0.3, 0.4) is 0 Å².